The van der Waals surface area contributed by atoms with Crippen LogP contribution in [0.2, 0.25) is 0 Å². The molecular weight excluding hydrogens is 218 g/mol. The number of hydrogen-bond donors (Lipinski definition) is 3. The van der Waals surface area contributed by atoms with E-state index in [1.54, 1.807) is 12.3 Å². The van der Waals surface area contributed by atoms with Gasteiger partial charge in [0.1, 0.15) is 0 Å². The molecule has 5 heteroatoms. The van der Waals surface area contributed by atoms with E-state index in [0.29, 0.717) is 30.1 Å². The molecule has 1 aromatic rings. The van der Waals surface area contributed by atoms with Gasteiger partial charge >= 0.3 is 0 Å². The molecule has 0 aromatic carbocycles. The summed E-state index contributed by atoms with van der Waals surface area (Å²) in [5.41, 5.74) is 6.16. The number of amides is 1. The molecule has 0 aliphatic rings. The van der Waals surface area contributed by atoms with Crippen molar-refractivity contribution in [2.45, 2.75) is 26.4 Å². The van der Waals surface area contributed by atoms with Crippen LogP contribution in [0.3, 0.4) is 0 Å². The highest BCUT2D eigenvalue weighted by molar-refractivity contribution is 5.98. The summed E-state index contributed by atoms with van der Waals surface area (Å²) in [6, 6.07) is 1.67. The van der Waals surface area contributed by atoms with Crippen LogP contribution >= 0.6 is 0 Å². The normalized spacial score (nSPS) is 12.5. The first-order valence-electron chi connectivity index (χ1n) is 5.66. The third kappa shape index (κ3) is 4.40. The smallest absolute Gasteiger partial charge is 0.252 e. The van der Waals surface area contributed by atoms with E-state index in [1.807, 2.05) is 13.8 Å². The lowest BCUT2D eigenvalue weighted by Gasteiger charge is -2.15. The zero-order chi connectivity index (χ0) is 12.8. The van der Waals surface area contributed by atoms with Crippen molar-refractivity contribution < 1.29 is 9.90 Å². The quantitative estimate of drug-likeness (QED) is 0.688. The van der Waals surface area contributed by atoms with Gasteiger partial charge in [-0.05, 0) is 18.4 Å². The third-order valence-corrected chi connectivity index (χ3v) is 2.36. The number of aromatic nitrogens is 1. The molecule has 17 heavy (non-hydrogen) atoms. The Morgan fingerprint density at radius 3 is 2.88 bits per heavy atom. The van der Waals surface area contributed by atoms with Gasteiger partial charge in [-0.3, -0.25) is 9.78 Å². The molecular formula is C12H19N3O2. The van der Waals surface area contributed by atoms with Crippen LogP contribution in [0.25, 0.3) is 0 Å². The molecule has 0 aliphatic carbocycles. The van der Waals surface area contributed by atoms with Crippen LogP contribution in [0.1, 0.15) is 30.6 Å². The van der Waals surface area contributed by atoms with Crippen molar-refractivity contribution in [3.63, 3.8) is 0 Å². The van der Waals surface area contributed by atoms with Gasteiger partial charge < -0.3 is 16.2 Å². The molecule has 94 valence electrons. The van der Waals surface area contributed by atoms with E-state index in [2.05, 4.69) is 10.3 Å². The van der Waals surface area contributed by atoms with Crippen LogP contribution in [0.4, 0.5) is 5.69 Å². The maximum Gasteiger partial charge on any atom is 0.252 e. The first kappa shape index (κ1) is 13.4. The van der Waals surface area contributed by atoms with Crippen LogP contribution in [-0.4, -0.2) is 28.6 Å². The summed E-state index contributed by atoms with van der Waals surface area (Å²) in [5.74, 6) is -0.0983. The van der Waals surface area contributed by atoms with Gasteiger partial charge in [-0.25, -0.2) is 0 Å². The van der Waals surface area contributed by atoms with Gasteiger partial charge in [-0.2, -0.15) is 0 Å². The molecule has 0 fully saturated rings. The van der Waals surface area contributed by atoms with Gasteiger partial charge in [0.2, 0.25) is 0 Å². The average Bonchev–Trinajstić information content (AvgIpc) is 2.25. The number of rotatable bonds is 6. The van der Waals surface area contributed by atoms with Crippen molar-refractivity contribution in [1.29, 1.82) is 0 Å². The van der Waals surface area contributed by atoms with E-state index in [0.717, 1.165) is 0 Å². The third-order valence-electron chi connectivity index (χ3n) is 2.36. The van der Waals surface area contributed by atoms with E-state index >= 15 is 0 Å². The van der Waals surface area contributed by atoms with Gasteiger partial charge in [0.05, 0.1) is 17.4 Å². The highest BCUT2D eigenvalue weighted by atomic mass is 16.3. The number of nitrogens with one attached hydrogen (secondary N) is 1. The molecule has 0 radical (unpaired) electrons. The van der Waals surface area contributed by atoms with E-state index in [9.17, 15) is 9.90 Å². The summed E-state index contributed by atoms with van der Waals surface area (Å²) < 4.78 is 0. The topological polar surface area (TPSA) is 88.2 Å². The van der Waals surface area contributed by atoms with E-state index in [-0.39, 0.29) is 0 Å². The highest BCUT2D eigenvalue weighted by Gasteiger charge is 2.10. The van der Waals surface area contributed by atoms with Crippen LogP contribution in [0.15, 0.2) is 18.5 Å². The SMILES string of the molecule is CC(C)CC(O)CNc1ccncc1C(N)=O. The molecule has 0 saturated heterocycles. The minimum absolute atomic E-state index is 0.337. The fraction of sp³-hybridized carbons (Fsp3) is 0.500. The van der Waals surface area contributed by atoms with E-state index in [1.165, 1.54) is 6.20 Å². The standard InChI is InChI=1S/C12H19N3O2/c1-8(2)5-9(16)6-15-11-3-4-14-7-10(11)12(13)17/h3-4,7-9,16H,5-6H2,1-2H3,(H2,13,17)(H,14,15). The first-order valence-corrected chi connectivity index (χ1v) is 5.66. The number of hydrogen-bond acceptors (Lipinski definition) is 4. The van der Waals surface area contributed by atoms with Crippen LogP contribution < -0.4 is 11.1 Å². The lowest BCUT2D eigenvalue weighted by molar-refractivity contribution is 0.100. The van der Waals surface area contributed by atoms with E-state index in [4.69, 9.17) is 5.73 Å². The zero-order valence-electron chi connectivity index (χ0n) is 10.2. The molecule has 1 rings (SSSR count). The second-order valence-corrected chi connectivity index (χ2v) is 4.45. The number of anilines is 1. The predicted octanol–water partition coefficient (Wildman–Crippen LogP) is 0.999. The molecule has 4 N–H and O–H groups in total. The van der Waals surface area contributed by atoms with Crippen molar-refractivity contribution in [2.75, 3.05) is 11.9 Å². The van der Waals surface area contributed by atoms with Gasteiger partial charge in [0.25, 0.3) is 5.91 Å². The van der Waals surface area contributed by atoms with Crippen molar-refractivity contribution in [3.8, 4) is 0 Å². The molecule has 0 spiro atoms. The summed E-state index contributed by atoms with van der Waals surface area (Å²) in [6.45, 7) is 4.48. The number of nitrogens with zero attached hydrogens (tertiary/aromatic N) is 1. The molecule has 1 unspecified atom stereocenters. The highest BCUT2D eigenvalue weighted by Crippen LogP contribution is 2.13. The summed E-state index contributed by atoms with van der Waals surface area (Å²) in [7, 11) is 0. The fourth-order valence-electron chi connectivity index (χ4n) is 1.60. The van der Waals surface area contributed by atoms with Gasteiger partial charge in [-0.15, -0.1) is 0 Å². The number of primary amides is 1. The number of carbonyl (C=O) groups excluding carboxylic acids is 1. The maximum atomic E-state index is 11.1. The Labute approximate surface area is 101 Å². The number of carbonyl (C=O) groups is 1. The van der Waals surface area contributed by atoms with Crippen LogP contribution in [-0.2, 0) is 0 Å². The Kier molecular flexibility index (Phi) is 4.90. The Morgan fingerprint density at radius 1 is 1.59 bits per heavy atom. The Balaban J connectivity index is 2.60. The van der Waals surface area contributed by atoms with Gasteiger partial charge in [-0.1, -0.05) is 13.8 Å². The summed E-state index contributed by atoms with van der Waals surface area (Å²) in [6.07, 6.45) is 3.26. The molecule has 1 atom stereocenters. The Bertz CT molecular complexity index is 380. The Hall–Kier alpha value is -1.62. The minimum Gasteiger partial charge on any atom is -0.391 e. The number of pyridine rings is 1. The zero-order valence-corrected chi connectivity index (χ0v) is 10.2. The second kappa shape index (κ2) is 6.20. The van der Waals surface area contributed by atoms with E-state index < -0.39 is 12.0 Å². The average molecular weight is 237 g/mol. The minimum atomic E-state index is -0.529. The molecule has 5 nitrogen and oxygen atoms in total. The Morgan fingerprint density at radius 2 is 2.29 bits per heavy atom. The van der Waals surface area contributed by atoms with Crippen molar-refractivity contribution in [1.82, 2.24) is 4.98 Å². The lowest BCUT2D eigenvalue weighted by atomic mass is 10.1. The van der Waals surface area contributed by atoms with Crippen LogP contribution in [0, 0.1) is 5.92 Å². The number of aliphatic hydroxyl groups excluding tert-OH is 1. The molecule has 1 heterocycles. The molecule has 0 bridgehead atoms. The van der Waals surface area contributed by atoms with Crippen LogP contribution in [0.5, 0.6) is 0 Å². The van der Waals surface area contributed by atoms with Crippen molar-refractivity contribution in [2.24, 2.45) is 11.7 Å². The number of nitrogens with two attached hydrogens (primary N) is 1. The predicted molar refractivity (Wildman–Crippen MR) is 66.7 cm³/mol. The summed E-state index contributed by atoms with van der Waals surface area (Å²) >= 11 is 0. The maximum absolute atomic E-state index is 11.1. The number of aliphatic hydroxyl groups is 1. The fourth-order valence-corrected chi connectivity index (χ4v) is 1.60. The lowest BCUT2D eigenvalue weighted by Crippen LogP contribution is -2.23. The van der Waals surface area contributed by atoms with Gasteiger partial charge in [0.15, 0.2) is 0 Å². The molecule has 0 saturated carbocycles. The largest absolute Gasteiger partial charge is 0.391 e. The monoisotopic (exact) mass is 237 g/mol. The van der Waals surface area contributed by atoms with Crippen molar-refractivity contribution >= 4 is 11.6 Å². The summed E-state index contributed by atoms with van der Waals surface area (Å²) in [4.78, 5) is 15.0. The van der Waals surface area contributed by atoms with Crippen molar-refractivity contribution in [3.05, 3.63) is 24.0 Å². The molecule has 1 amide bonds. The molecule has 0 aliphatic heterocycles. The van der Waals surface area contributed by atoms with Gasteiger partial charge in [0, 0.05) is 18.9 Å². The first-order chi connectivity index (χ1) is 8.00. The second-order valence-electron chi connectivity index (χ2n) is 4.45. The molecule has 1 aromatic heterocycles. The summed E-state index contributed by atoms with van der Waals surface area (Å²) in [5, 5.41) is 12.7.